The summed E-state index contributed by atoms with van der Waals surface area (Å²) in [5, 5.41) is 3.18. The Labute approximate surface area is 166 Å². The molecule has 2 fully saturated rings. The summed E-state index contributed by atoms with van der Waals surface area (Å²) in [6.07, 6.45) is -0.183. The second kappa shape index (κ2) is 9.20. The molecule has 1 aromatic carbocycles. The molecular formula is C17H26ClN3O5S. The van der Waals surface area contributed by atoms with Gasteiger partial charge in [-0.3, -0.25) is 4.79 Å². The van der Waals surface area contributed by atoms with Gasteiger partial charge in [-0.1, -0.05) is 0 Å². The number of hydrogen-bond donors (Lipinski definition) is 1. The molecule has 27 heavy (non-hydrogen) atoms. The number of nitrogens with zero attached hydrogens (tertiary/aromatic N) is 2. The van der Waals surface area contributed by atoms with Crippen LogP contribution in [0.2, 0.25) is 0 Å². The molecule has 0 radical (unpaired) electrons. The van der Waals surface area contributed by atoms with Crippen LogP contribution in [0.3, 0.4) is 0 Å². The van der Waals surface area contributed by atoms with Crippen molar-refractivity contribution in [3.63, 3.8) is 0 Å². The summed E-state index contributed by atoms with van der Waals surface area (Å²) >= 11 is 0. The van der Waals surface area contributed by atoms with Crippen LogP contribution in [0.1, 0.15) is 6.92 Å². The zero-order chi connectivity index (χ0) is 18.7. The first-order valence-corrected chi connectivity index (χ1v) is 10.2. The van der Waals surface area contributed by atoms with E-state index in [0.29, 0.717) is 32.0 Å². The van der Waals surface area contributed by atoms with Gasteiger partial charge in [-0.15, -0.1) is 12.4 Å². The number of sulfonamides is 1. The summed E-state index contributed by atoms with van der Waals surface area (Å²) in [4.78, 5) is 14.6. The number of morpholine rings is 1. The first kappa shape index (κ1) is 21.9. The Kier molecular flexibility index (Phi) is 7.47. The van der Waals surface area contributed by atoms with Crippen molar-refractivity contribution in [3.8, 4) is 5.75 Å². The first-order chi connectivity index (χ1) is 12.4. The number of ether oxygens (including phenoxy) is 2. The molecule has 0 aliphatic carbocycles. The van der Waals surface area contributed by atoms with Gasteiger partial charge in [0.15, 0.2) is 0 Å². The van der Waals surface area contributed by atoms with E-state index >= 15 is 0 Å². The number of halogens is 1. The maximum absolute atomic E-state index is 12.8. The first-order valence-electron chi connectivity index (χ1n) is 8.71. The van der Waals surface area contributed by atoms with Gasteiger partial charge in [0.25, 0.3) is 0 Å². The number of carbonyl (C=O) groups is 1. The molecule has 3 rings (SSSR count). The Morgan fingerprint density at radius 1 is 1.19 bits per heavy atom. The fraction of sp³-hybridized carbons (Fsp3) is 0.588. The number of hydrogen-bond acceptors (Lipinski definition) is 6. The van der Waals surface area contributed by atoms with Crippen molar-refractivity contribution in [2.75, 3.05) is 46.4 Å². The minimum Gasteiger partial charge on any atom is -0.497 e. The molecule has 10 heteroatoms. The Bertz CT molecular complexity index is 735. The number of piperazine rings is 1. The number of amides is 1. The van der Waals surface area contributed by atoms with E-state index < -0.39 is 10.0 Å². The van der Waals surface area contributed by atoms with Crippen molar-refractivity contribution in [1.82, 2.24) is 14.5 Å². The highest BCUT2D eigenvalue weighted by molar-refractivity contribution is 7.89. The normalized spacial score (nSPS) is 24.1. The zero-order valence-corrected chi connectivity index (χ0v) is 17.1. The molecule has 0 aromatic heterocycles. The standard InChI is InChI=1S/C17H25N3O5S.ClH/c1-13-16(18-7-12-25-13)17(21)19-8-10-20(11-9-19)26(22,23)15-5-3-14(24-2)4-6-15;/h3-6,13,16,18H,7-12H2,1-2H3;1H/t13-,16+;/m1./s1. The average molecular weight is 420 g/mol. The Balaban J connectivity index is 0.00000261. The third kappa shape index (κ3) is 4.72. The van der Waals surface area contributed by atoms with Gasteiger partial charge in [0, 0.05) is 32.7 Å². The lowest BCUT2D eigenvalue weighted by Crippen LogP contribution is -2.60. The van der Waals surface area contributed by atoms with E-state index in [1.807, 2.05) is 6.92 Å². The second-order valence-corrected chi connectivity index (χ2v) is 8.35. The van der Waals surface area contributed by atoms with Gasteiger partial charge in [0.1, 0.15) is 11.8 Å². The van der Waals surface area contributed by atoms with Crippen LogP contribution in [0, 0.1) is 0 Å². The van der Waals surface area contributed by atoms with Crippen molar-refractivity contribution in [3.05, 3.63) is 24.3 Å². The molecule has 2 aliphatic rings. The van der Waals surface area contributed by atoms with Gasteiger partial charge in [-0.2, -0.15) is 4.31 Å². The molecule has 0 spiro atoms. The molecule has 1 aromatic rings. The third-order valence-corrected chi connectivity index (χ3v) is 6.74. The van der Waals surface area contributed by atoms with Crippen LogP contribution < -0.4 is 10.1 Å². The van der Waals surface area contributed by atoms with Crippen LogP contribution >= 0.6 is 12.4 Å². The molecule has 152 valence electrons. The van der Waals surface area contributed by atoms with Crippen LogP contribution in [0.25, 0.3) is 0 Å². The molecule has 2 saturated heterocycles. The predicted molar refractivity (Wildman–Crippen MR) is 103 cm³/mol. The van der Waals surface area contributed by atoms with Gasteiger partial charge >= 0.3 is 0 Å². The van der Waals surface area contributed by atoms with Crippen molar-refractivity contribution in [2.24, 2.45) is 0 Å². The van der Waals surface area contributed by atoms with Gasteiger partial charge in [-0.05, 0) is 31.2 Å². The topological polar surface area (TPSA) is 88.2 Å². The van der Waals surface area contributed by atoms with Crippen LogP contribution in [0.15, 0.2) is 29.2 Å². The maximum Gasteiger partial charge on any atom is 0.243 e. The average Bonchev–Trinajstić information content (AvgIpc) is 2.68. The Hall–Kier alpha value is -1.39. The lowest BCUT2D eigenvalue weighted by Gasteiger charge is -2.38. The number of rotatable bonds is 4. The molecule has 0 unspecified atom stereocenters. The zero-order valence-electron chi connectivity index (χ0n) is 15.5. The highest BCUT2D eigenvalue weighted by atomic mass is 35.5. The summed E-state index contributed by atoms with van der Waals surface area (Å²) in [6, 6.07) is 5.97. The quantitative estimate of drug-likeness (QED) is 0.756. The lowest BCUT2D eigenvalue weighted by atomic mass is 10.1. The van der Waals surface area contributed by atoms with E-state index in [1.54, 1.807) is 17.0 Å². The number of methoxy groups -OCH3 is 1. The molecular weight excluding hydrogens is 394 g/mol. The summed E-state index contributed by atoms with van der Waals surface area (Å²) in [6.45, 7) is 4.42. The molecule has 2 heterocycles. The highest BCUT2D eigenvalue weighted by Crippen LogP contribution is 2.21. The fourth-order valence-electron chi connectivity index (χ4n) is 3.25. The van der Waals surface area contributed by atoms with Crippen LogP contribution in [-0.4, -0.2) is 82.1 Å². The van der Waals surface area contributed by atoms with Gasteiger partial charge in [0.05, 0.1) is 24.7 Å². The van der Waals surface area contributed by atoms with Crippen molar-refractivity contribution < 1.29 is 22.7 Å². The smallest absolute Gasteiger partial charge is 0.243 e. The second-order valence-electron chi connectivity index (χ2n) is 6.41. The van der Waals surface area contributed by atoms with Gasteiger partial charge in [0.2, 0.25) is 15.9 Å². The third-order valence-electron chi connectivity index (χ3n) is 4.83. The highest BCUT2D eigenvalue weighted by Gasteiger charge is 2.35. The molecule has 8 nitrogen and oxygen atoms in total. The van der Waals surface area contributed by atoms with Crippen LogP contribution in [0.4, 0.5) is 0 Å². The van der Waals surface area contributed by atoms with Crippen LogP contribution in [-0.2, 0) is 19.6 Å². The molecule has 2 aliphatic heterocycles. The lowest BCUT2D eigenvalue weighted by molar-refractivity contribution is -0.140. The largest absolute Gasteiger partial charge is 0.497 e. The number of nitrogens with one attached hydrogen (secondary N) is 1. The Morgan fingerprint density at radius 3 is 2.37 bits per heavy atom. The van der Waals surface area contributed by atoms with E-state index in [0.717, 1.165) is 0 Å². The van der Waals surface area contributed by atoms with Crippen molar-refractivity contribution in [1.29, 1.82) is 0 Å². The van der Waals surface area contributed by atoms with Crippen molar-refractivity contribution >= 4 is 28.3 Å². The van der Waals surface area contributed by atoms with E-state index in [4.69, 9.17) is 9.47 Å². The van der Waals surface area contributed by atoms with E-state index in [2.05, 4.69) is 5.32 Å². The van der Waals surface area contributed by atoms with E-state index in [1.165, 1.54) is 23.5 Å². The van der Waals surface area contributed by atoms with Gasteiger partial charge in [-0.25, -0.2) is 8.42 Å². The SMILES string of the molecule is COc1ccc(S(=O)(=O)N2CCN(C(=O)[C@H]3NCCO[C@@H]3C)CC2)cc1.Cl. The van der Waals surface area contributed by atoms with Gasteiger partial charge < -0.3 is 19.7 Å². The molecule has 0 saturated carbocycles. The predicted octanol–water partition coefficient (Wildman–Crippen LogP) is 0.327. The molecule has 0 bridgehead atoms. The monoisotopic (exact) mass is 419 g/mol. The van der Waals surface area contributed by atoms with E-state index in [-0.39, 0.29) is 48.4 Å². The summed E-state index contributed by atoms with van der Waals surface area (Å²) in [5.41, 5.74) is 0. The molecule has 1 amide bonds. The summed E-state index contributed by atoms with van der Waals surface area (Å²) in [5.74, 6) is 0.578. The summed E-state index contributed by atoms with van der Waals surface area (Å²) < 4.78 is 37.5. The van der Waals surface area contributed by atoms with E-state index in [9.17, 15) is 13.2 Å². The minimum atomic E-state index is -3.57. The maximum atomic E-state index is 12.8. The molecule has 2 atom stereocenters. The minimum absolute atomic E-state index is 0. The number of benzene rings is 1. The van der Waals surface area contributed by atoms with Crippen LogP contribution in [0.5, 0.6) is 5.75 Å². The fourth-order valence-corrected chi connectivity index (χ4v) is 4.67. The van der Waals surface area contributed by atoms with Crippen molar-refractivity contribution in [2.45, 2.75) is 24.0 Å². The summed E-state index contributed by atoms with van der Waals surface area (Å²) in [7, 11) is -2.04. The number of carbonyl (C=O) groups excluding carboxylic acids is 1. The molecule has 1 N–H and O–H groups in total. The Morgan fingerprint density at radius 2 is 1.81 bits per heavy atom.